The number of rotatable bonds is 2. The van der Waals surface area contributed by atoms with Gasteiger partial charge in [-0.25, -0.2) is 4.79 Å². The number of carbonyl (C=O) groups is 1. The Bertz CT molecular complexity index is 490. The molecular weight excluding hydrogens is 236 g/mol. The molecule has 1 aromatic rings. The van der Waals surface area contributed by atoms with E-state index in [1.165, 1.54) is 0 Å². The summed E-state index contributed by atoms with van der Waals surface area (Å²) in [6.45, 7) is 1.90. The van der Waals surface area contributed by atoms with Crippen LogP contribution in [0.3, 0.4) is 0 Å². The summed E-state index contributed by atoms with van der Waals surface area (Å²) in [4.78, 5) is 9.64. The molecule has 0 heterocycles. The molecule has 0 fully saturated rings. The molecule has 0 saturated heterocycles. The quantitative estimate of drug-likeness (QED) is 0.644. The van der Waals surface area contributed by atoms with Gasteiger partial charge in [-0.2, -0.15) is 0 Å². The highest BCUT2D eigenvalue weighted by Crippen LogP contribution is 2.35. The molecule has 3 heteroatoms. The highest BCUT2D eigenvalue weighted by Gasteiger charge is 2.34. The number of allylic oxidation sites excluding steroid dienone is 2. The van der Waals surface area contributed by atoms with Crippen LogP contribution in [-0.4, -0.2) is 16.0 Å². The lowest BCUT2D eigenvalue weighted by molar-refractivity contribution is -0.137. The van der Waals surface area contributed by atoms with Crippen LogP contribution in [0.4, 0.5) is 0 Å². The van der Waals surface area contributed by atoms with Crippen LogP contribution < -0.4 is 0 Å². The van der Waals surface area contributed by atoms with Gasteiger partial charge in [0.1, 0.15) is 0 Å². The van der Waals surface area contributed by atoms with Crippen LogP contribution in [0.25, 0.3) is 0 Å². The Morgan fingerprint density at radius 2 is 2.00 bits per heavy atom. The molecular formula is C14H13ClO2. The van der Waals surface area contributed by atoms with Crippen LogP contribution in [0.5, 0.6) is 0 Å². The average Bonchev–Trinajstić information content (AvgIpc) is 2.30. The molecule has 1 N–H and O–H groups in total. The van der Waals surface area contributed by atoms with Crippen molar-refractivity contribution in [2.75, 3.05) is 0 Å². The van der Waals surface area contributed by atoms with Gasteiger partial charge in [0.15, 0.2) is 4.87 Å². The van der Waals surface area contributed by atoms with Crippen molar-refractivity contribution in [1.82, 2.24) is 0 Å². The molecule has 2 unspecified atom stereocenters. The van der Waals surface area contributed by atoms with Gasteiger partial charge in [-0.15, -0.1) is 0 Å². The normalized spacial score (nSPS) is 27.6. The highest BCUT2D eigenvalue weighted by molar-refractivity contribution is 6.37. The van der Waals surface area contributed by atoms with Gasteiger partial charge in [-0.1, -0.05) is 59.7 Å². The zero-order valence-corrected chi connectivity index (χ0v) is 10.2. The summed E-state index contributed by atoms with van der Waals surface area (Å²) in [7, 11) is 0. The number of hydrogen-bond donors (Lipinski definition) is 1. The number of carboxylic acid groups (broad SMARTS) is 1. The van der Waals surface area contributed by atoms with E-state index in [0.29, 0.717) is 0 Å². The standard InChI is InChI=1S/C14H13ClO2/c1-10-9-14(15,13(16)17)8-7-12(10)11-5-3-2-4-6-11/h2-9,12H,1H3,(H,16,17). The van der Waals surface area contributed by atoms with E-state index in [1.54, 1.807) is 12.2 Å². The van der Waals surface area contributed by atoms with Crippen molar-refractivity contribution in [3.63, 3.8) is 0 Å². The Morgan fingerprint density at radius 1 is 1.35 bits per heavy atom. The minimum Gasteiger partial charge on any atom is -0.479 e. The zero-order chi connectivity index (χ0) is 12.5. The third kappa shape index (κ3) is 2.27. The third-order valence-electron chi connectivity index (χ3n) is 2.95. The van der Waals surface area contributed by atoms with Gasteiger partial charge in [0, 0.05) is 5.92 Å². The summed E-state index contributed by atoms with van der Waals surface area (Å²) < 4.78 is 0. The molecule has 0 aromatic heterocycles. The van der Waals surface area contributed by atoms with Gasteiger partial charge in [0.2, 0.25) is 0 Å². The average molecular weight is 249 g/mol. The lowest BCUT2D eigenvalue weighted by Gasteiger charge is -2.25. The first-order chi connectivity index (χ1) is 8.03. The first-order valence-corrected chi connectivity index (χ1v) is 5.77. The highest BCUT2D eigenvalue weighted by atomic mass is 35.5. The molecule has 2 nitrogen and oxygen atoms in total. The lowest BCUT2D eigenvalue weighted by atomic mass is 9.84. The first-order valence-electron chi connectivity index (χ1n) is 5.39. The number of halogens is 1. The summed E-state index contributed by atoms with van der Waals surface area (Å²) in [5, 5.41) is 9.04. The fourth-order valence-corrected chi connectivity index (χ4v) is 2.27. The van der Waals surface area contributed by atoms with Crippen molar-refractivity contribution >= 4 is 17.6 Å². The summed E-state index contributed by atoms with van der Waals surface area (Å²) in [6, 6.07) is 9.94. The smallest absolute Gasteiger partial charge is 0.332 e. The van der Waals surface area contributed by atoms with Gasteiger partial charge in [0.25, 0.3) is 0 Å². The topological polar surface area (TPSA) is 37.3 Å². The second kappa shape index (κ2) is 4.38. The van der Waals surface area contributed by atoms with Crippen molar-refractivity contribution in [1.29, 1.82) is 0 Å². The number of hydrogen-bond acceptors (Lipinski definition) is 1. The number of benzene rings is 1. The van der Waals surface area contributed by atoms with E-state index in [-0.39, 0.29) is 5.92 Å². The van der Waals surface area contributed by atoms with Crippen LogP contribution in [0.2, 0.25) is 0 Å². The predicted molar refractivity (Wildman–Crippen MR) is 68.3 cm³/mol. The SMILES string of the molecule is CC1=CC(Cl)(C(=O)O)C=CC1c1ccccc1. The molecule has 0 spiro atoms. The van der Waals surface area contributed by atoms with Gasteiger partial charge < -0.3 is 5.11 Å². The molecule has 0 bridgehead atoms. The second-order valence-corrected chi connectivity index (χ2v) is 4.83. The molecule has 1 aromatic carbocycles. The summed E-state index contributed by atoms with van der Waals surface area (Å²) in [5.74, 6) is -0.927. The van der Waals surface area contributed by atoms with Crippen molar-refractivity contribution < 1.29 is 9.90 Å². The summed E-state index contributed by atoms with van der Waals surface area (Å²) in [6.07, 6.45) is 5.00. The van der Waals surface area contributed by atoms with E-state index in [4.69, 9.17) is 16.7 Å². The van der Waals surface area contributed by atoms with E-state index in [1.807, 2.05) is 43.3 Å². The Labute approximate surface area is 105 Å². The summed E-state index contributed by atoms with van der Waals surface area (Å²) in [5.41, 5.74) is 2.10. The van der Waals surface area contributed by atoms with Gasteiger partial charge in [0.05, 0.1) is 0 Å². The monoisotopic (exact) mass is 248 g/mol. The minimum absolute atomic E-state index is 0.113. The van der Waals surface area contributed by atoms with Crippen molar-refractivity contribution in [2.24, 2.45) is 0 Å². The van der Waals surface area contributed by atoms with Gasteiger partial charge >= 0.3 is 5.97 Å². The first kappa shape index (κ1) is 11.9. The molecule has 17 heavy (non-hydrogen) atoms. The lowest BCUT2D eigenvalue weighted by Crippen LogP contribution is -2.30. The van der Waals surface area contributed by atoms with Gasteiger partial charge in [-0.05, 0) is 18.6 Å². The van der Waals surface area contributed by atoms with E-state index >= 15 is 0 Å². The van der Waals surface area contributed by atoms with Crippen LogP contribution in [0.15, 0.2) is 54.1 Å². The van der Waals surface area contributed by atoms with E-state index in [0.717, 1.165) is 11.1 Å². The van der Waals surface area contributed by atoms with Crippen LogP contribution in [0, 0.1) is 0 Å². The second-order valence-electron chi connectivity index (χ2n) is 4.21. The zero-order valence-electron chi connectivity index (χ0n) is 9.43. The molecule has 0 aliphatic heterocycles. The largest absolute Gasteiger partial charge is 0.479 e. The molecule has 1 aliphatic carbocycles. The maximum absolute atomic E-state index is 11.0. The fourth-order valence-electron chi connectivity index (χ4n) is 2.02. The molecule has 2 atom stereocenters. The molecule has 88 valence electrons. The Balaban J connectivity index is 2.33. The van der Waals surface area contributed by atoms with Crippen LogP contribution >= 0.6 is 11.6 Å². The molecule has 1 aliphatic rings. The molecule has 0 saturated carbocycles. The fraction of sp³-hybridized carbons (Fsp3) is 0.214. The Morgan fingerprint density at radius 3 is 2.53 bits per heavy atom. The van der Waals surface area contributed by atoms with Crippen LogP contribution in [-0.2, 0) is 4.79 Å². The Kier molecular flexibility index (Phi) is 3.07. The number of aliphatic carboxylic acids is 1. The Hall–Kier alpha value is -1.54. The van der Waals surface area contributed by atoms with E-state index in [2.05, 4.69) is 0 Å². The van der Waals surface area contributed by atoms with Crippen molar-refractivity contribution in [3.8, 4) is 0 Å². The molecule has 0 radical (unpaired) electrons. The predicted octanol–water partition coefficient (Wildman–Crippen LogP) is 3.35. The minimum atomic E-state index is -1.39. The summed E-state index contributed by atoms with van der Waals surface area (Å²) >= 11 is 5.99. The van der Waals surface area contributed by atoms with E-state index < -0.39 is 10.8 Å². The molecule has 2 rings (SSSR count). The maximum atomic E-state index is 11.0. The van der Waals surface area contributed by atoms with Crippen LogP contribution in [0.1, 0.15) is 18.4 Å². The van der Waals surface area contributed by atoms with Gasteiger partial charge in [-0.3, -0.25) is 0 Å². The van der Waals surface area contributed by atoms with Crippen molar-refractivity contribution in [3.05, 3.63) is 59.7 Å². The van der Waals surface area contributed by atoms with Crippen molar-refractivity contribution in [2.45, 2.75) is 17.7 Å². The van der Waals surface area contributed by atoms with E-state index in [9.17, 15) is 4.79 Å². The maximum Gasteiger partial charge on any atom is 0.332 e. The third-order valence-corrected chi connectivity index (χ3v) is 3.34. The number of carboxylic acids is 1. The molecule has 0 amide bonds. The number of alkyl halides is 1.